The third-order valence-electron chi connectivity index (χ3n) is 4.88. The van der Waals surface area contributed by atoms with Crippen molar-refractivity contribution in [3.05, 3.63) is 35.9 Å². The summed E-state index contributed by atoms with van der Waals surface area (Å²) >= 11 is 0. The van der Waals surface area contributed by atoms with Gasteiger partial charge in [0.2, 0.25) is 5.91 Å². The third-order valence-corrected chi connectivity index (χ3v) is 4.88. The fourth-order valence-electron chi connectivity index (χ4n) is 3.02. The lowest BCUT2D eigenvalue weighted by atomic mass is 9.84. The number of nitrogens with one attached hydrogen (secondary N) is 2. The maximum Gasteiger partial charge on any atom is 0.243 e. The highest BCUT2D eigenvalue weighted by Gasteiger charge is 2.34. The SMILES string of the molecule is CN(C)C(=O)CN=C(NCCc1ccccc1)NCC1(CCO)CCOC1. The number of likely N-dealkylation sites (N-methyl/N-ethyl adjacent to an activating group) is 1. The zero-order valence-electron chi connectivity index (χ0n) is 16.4. The second-order valence-electron chi connectivity index (χ2n) is 7.25. The van der Waals surface area contributed by atoms with Crippen LogP contribution >= 0.6 is 0 Å². The minimum Gasteiger partial charge on any atom is -0.396 e. The molecule has 1 saturated heterocycles. The number of benzene rings is 1. The van der Waals surface area contributed by atoms with Gasteiger partial charge in [0.05, 0.1) is 6.61 Å². The van der Waals surface area contributed by atoms with Crippen LogP contribution in [-0.2, 0) is 16.0 Å². The summed E-state index contributed by atoms with van der Waals surface area (Å²) in [5.74, 6) is 0.568. The topological polar surface area (TPSA) is 86.2 Å². The lowest BCUT2D eigenvalue weighted by Gasteiger charge is -2.28. The highest BCUT2D eigenvalue weighted by Crippen LogP contribution is 2.31. The lowest BCUT2D eigenvalue weighted by molar-refractivity contribution is -0.127. The Hall–Kier alpha value is -2.12. The third kappa shape index (κ3) is 7.19. The molecule has 27 heavy (non-hydrogen) atoms. The first-order valence-corrected chi connectivity index (χ1v) is 9.49. The Morgan fingerprint density at radius 1 is 1.30 bits per heavy atom. The van der Waals surface area contributed by atoms with E-state index in [1.54, 1.807) is 14.1 Å². The van der Waals surface area contributed by atoms with Crippen LogP contribution in [-0.4, -0.2) is 75.4 Å². The zero-order chi connectivity index (χ0) is 19.5. The number of rotatable bonds is 9. The van der Waals surface area contributed by atoms with Crippen LogP contribution in [0, 0.1) is 5.41 Å². The molecule has 0 spiro atoms. The van der Waals surface area contributed by atoms with Crippen molar-refractivity contribution < 1.29 is 14.6 Å². The molecule has 1 amide bonds. The van der Waals surface area contributed by atoms with E-state index < -0.39 is 0 Å². The van der Waals surface area contributed by atoms with Gasteiger partial charge in [-0.3, -0.25) is 4.79 Å². The standard InChI is InChI=1S/C20H32N4O3/c1-24(2)18(26)14-22-19(21-11-8-17-6-4-3-5-7-17)23-15-20(9-12-25)10-13-27-16-20/h3-7,25H,8-16H2,1-2H3,(H2,21,22,23). The fraction of sp³-hybridized carbons (Fsp3) is 0.600. The van der Waals surface area contributed by atoms with E-state index in [-0.39, 0.29) is 24.5 Å². The van der Waals surface area contributed by atoms with Gasteiger partial charge in [0.15, 0.2) is 5.96 Å². The molecule has 3 N–H and O–H groups in total. The maximum atomic E-state index is 11.9. The average Bonchev–Trinajstić information content (AvgIpc) is 3.13. The Morgan fingerprint density at radius 2 is 2.07 bits per heavy atom. The van der Waals surface area contributed by atoms with Crippen LogP contribution in [0.5, 0.6) is 0 Å². The molecule has 0 aromatic heterocycles. The summed E-state index contributed by atoms with van der Waals surface area (Å²) in [7, 11) is 3.44. The summed E-state index contributed by atoms with van der Waals surface area (Å²) in [4.78, 5) is 17.8. The lowest BCUT2D eigenvalue weighted by Crippen LogP contribution is -2.45. The van der Waals surface area contributed by atoms with E-state index in [0.717, 1.165) is 19.4 Å². The molecule has 0 bridgehead atoms. The van der Waals surface area contributed by atoms with E-state index in [2.05, 4.69) is 27.8 Å². The number of nitrogens with zero attached hydrogens (tertiary/aromatic N) is 2. The number of guanidine groups is 1. The molecular formula is C20H32N4O3. The summed E-state index contributed by atoms with van der Waals surface area (Å²) in [5, 5.41) is 16.0. The molecule has 1 unspecified atom stereocenters. The largest absolute Gasteiger partial charge is 0.396 e. The number of amides is 1. The summed E-state index contributed by atoms with van der Waals surface area (Å²) in [5.41, 5.74) is 1.16. The molecule has 0 radical (unpaired) electrons. The van der Waals surface area contributed by atoms with Crippen LogP contribution in [0.3, 0.4) is 0 Å². The van der Waals surface area contributed by atoms with Gasteiger partial charge in [-0.2, -0.15) is 0 Å². The first kappa shape index (κ1) is 21.2. The average molecular weight is 377 g/mol. The zero-order valence-corrected chi connectivity index (χ0v) is 16.4. The minimum absolute atomic E-state index is 0.0477. The van der Waals surface area contributed by atoms with Gasteiger partial charge in [-0.25, -0.2) is 4.99 Å². The number of hydrogen-bond donors (Lipinski definition) is 3. The Labute approximate surface area is 161 Å². The van der Waals surface area contributed by atoms with Gasteiger partial charge in [0, 0.05) is 45.8 Å². The first-order valence-electron chi connectivity index (χ1n) is 9.49. The van der Waals surface area contributed by atoms with Crippen LogP contribution in [0.15, 0.2) is 35.3 Å². The number of carbonyl (C=O) groups is 1. The van der Waals surface area contributed by atoms with Gasteiger partial charge in [-0.1, -0.05) is 30.3 Å². The monoisotopic (exact) mass is 376 g/mol. The quantitative estimate of drug-likeness (QED) is 0.435. The molecule has 7 nitrogen and oxygen atoms in total. The van der Waals surface area contributed by atoms with Crippen molar-refractivity contribution in [2.24, 2.45) is 10.4 Å². The minimum atomic E-state index is -0.0812. The Bertz CT molecular complexity index is 599. The van der Waals surface area contributed by atoms with E-state index in [9.17, 15) is 9.90 Å². The fourth-order valence-corrected chi connectivity index (χ4v) is 3.02. The van der Waals surface area contributed by atoms with Gasteiger partial charge >= 0.3 is 0 Å². The highest BCUT2D eigenvalue weighted by atomic mass is 16.5. The van der Waals surface area contributed by atoms with Crippen molar-refractivity contribution in [2.45, 2.75) is 19.3 Å². The van der Waals surface area contributed by atoms with Gasteiger partial charge in [0.25, 0.3) is 0 Å². The number of aliphatic imine (C=N–C) groups is 1. The second-order valence-corrected chi connectivity index (χ2v) is 7.25. The van der Waals surface area contributed by atoms with Crippen LogP contribution in [0.25, 0.3) is 0 Å². The molecule has 1 aliphatic heterocycles. The van der Waals surface area contributed by atoms with Crippen molar-refractivity contribution in [1.29, 1.82) is 0 Å². The van der Waals surface area contributed by atoms with Gasteiger partial charge in [-0.15, -0.1) is 0 Å². The molecule has 150 valence electrons. The molecule has 1 fully saturated rings. The summed E-state index contributed by atoms with van der Waals surface area (Å²) in [6.45, 7) is 2.95. The Kier molecular flexibility index (Phi) is 8.54. The molecular weight excluding hydrogens is 344 g/mol. The molecule has 1 heterocycles. The van der Waals surface area contributed by atoms with E-state index >= 15 is 0 Å². The molecule has 7 heteroatoms. The molecule has 1 aliphatic rings. The molecule has 0 saturated carbocycles. The highest BCUT2D eigenvalue weighted by molar-refractivity contribution is 5.84. The van der Waals surface area contributed by atoms with Crippen molar-refractivity contribution in [1.82, 2.24) is 15.5 Å². The summed E-state index contributed by atoms with van der Waals surface area (Å²) < 4.78 is 5.54. The number of ether oxygens (including phenoxy) is 1. The van der Waals surface area contributed by atoms with E-state index in [4.69, 9.17) is 4.74 Å². The molecule has 1 aromatic carbocycles. The summed E-state index contributed by atoms with van der Waals surface area (Å²) in [6, 6.07) is 10.2. The smallest absolute Gasteiger partial charge is 0.243 e. The number of hydrogen-bond acceptors (Lipinski definition) is 4. The van der Waals surface area contributed by atoms with Crippen LogP contribution in [0.1, 0.15) is 18.4 Å². The normalized spacial score (nSPS) is 19.7. The molecule has 1 atom stereocenters. The van der Waals surface area contributed by atoms with Crippen LogP contribution in [0.4, 0.5) is 0 Å². The number of aliphatic hydroxyl groups is 1. The number of carbonyl (C=O) groups excluding carboxylic acids is 1. The first-order chi connectivity index (χ1) is 13.0. The Balaban J connectivity index is 1.93. The van der Waals surface area contributed by atoms with E-state index in [1.165, 1.54) is 10.5 Å². The predicted octanol–water partition coefficient (Wildman–Crippen LogP) is 0.642. The van der Waals surface area contributed by atoms with Gasteiger partial charge in [0.1, 0.15) is 6.54 Å². The van der Waals surface area contributed by atoms with Gasteiger partial charge < -0.3 is 25.4 Å². The van der Waals surface area contributed by atoms with E-state index in [1.807, 2.05) is 18.2 Å². The van der Waals surface area contributed by atoms with Crippen molar-refractivity contribution in [2.75, 3.05) is 53.6 Å². The summed E-state index contributed by atoms with van der Waals surface area (Å²) in [6.07, 6.45) is 2.47. The Morgan fingerprint density at radius 3 is 2.70 bits per heavy atom. The molecule has 1 aromatic rings. The molecule has 2 rings (SSSR count). The van der Waals surface area contributed by atoms with Crippen molar-refractivity contribution in [3.63, 3.8) is 0 Å². The number of aliphatic hydroxyl groups excluding tert-OH is 1. The maximum absolute atomic E-state index is 11.9. The van der Waals surface area contributed by atoms with E-state index in [0.29, 0.717) is 32.1 Å². The second kappa shape index (κ2) is 10.9. The predicted molar refractivity (Wildman–Crippen MR) is 107 cm³/mol. The van der Waals surface area contributed by atoms with Crippen LogP contribution < -0.4 is 10.6 Å². The van der Waals surface area contributed by atoms with Crippen molar-refractivity contribution in [3.8, 4) is 0 Å². The van der Waals surface area contributed by atoms with Crippen molar-refractivity contribution >= 4 is 11.9 Å². The van der Waals surface area contributed by atoms with Crippen LogP contribution in [0.2, 0.25) is 0 Å². The molecule has 0 aliphatic carbocycles. The van der Waals surface area contributed by atoms with Gasteiger partial charge in [-0.05, 0) is 24.8 Å².